The third-order valence-corrected chi connectivity index (χ3v) is 3.35. The van der Waals surface area contributed by atoms with E-state index >= 15 is 0 Å². The Labute approximate surface area is 112 Å². The summed E-state index contributed by atoms with van der Waals surface area (Å²) < 4.78 is 0. The van der Waals surface area contributed by atoms with Crippen molar-refractivity contribution >= 4 is 17.4 Å². The van der Waals surface area contributed by atoms with Gasteiger partial charge in [-0.2, -0.15) is 0 Å². The van der Waals surface area contributed by atoms with E-state index in [-0.39, 0.29) is 0 Å². The van der Waals surface area contributed by atoms with Crippen LogP contribution < -0.4 is 5.32 Å². The molecule has 0 saturated carbocycles. The number of hydrogen-bond donors (Lipinski definition) is 1. The number of aromatic nitrogens is 2. The SMILES string of the molecule is CNc1nc(C)nc(-c2ccc(C)c(Cl)c2)c1C. The zero-order valence-corrected chi connectivity index (χ0v) is 11.8. The number of aryl methyl sites for hydroxylation is 2. The van der Waals surface area contributed by atoms with Crippen molar-refractivity contribution in [3.05, 3.63) is 40.2 Å². The van der Waals surface area contributed by atoms with E-state index in [2.05, 4.69) is 15.3 Å². The Hall–Kier alpha value is -1.61. The van der Waals surface area contributed by atoms with Crippen molar-refractivity contribution in [3.8, 4) is 11.3 Å². The van der Waals surface area contributed by atoms with E-state index < -0.39 is 0 Å². The summed E-state index contributed by atoms with van der Waals surface area (Å²) in [6.07, 6.45) is 0. The van der Waals surface area contributed by atoms with Crippen molar-refractivity contribution in [1.29, 1.82) is 0 Å². The van der Waals surface area contributed by atoms with Gasteiger partial charge in [0.1, 0.15) is 11.6 Å². The van der Waals surface area contributed by atoms with Crippen LogP contribution in [0.5, 0.6) is 0 Å². The van der Waals surface area contributed by atoms with Crippen LogP contribution in [0.3, 0.4) is 0 Å². The number of nitrogens with zero attached hydrogens (tertiary/aromatic N) is 2. The van der Waals surface area contributed by atoms with Gasteiger partial charge in [0.25, 0.3) is 0 Å². The molecule has 0 radical (unpaired) electrons. The highest BCUT2D eigenvalue weighted by Crippen LogP contribution is 2.28. The predicted molar refractivity (Wildman–Crippen MR) is 76.2 cm³/mol. The van der Waals surface area contributed by atoms with Crippen molar-refractivity contribution in [1.82, 2.24) is 9.97 Å². The van der Waals surface area contributed by atoms with Crippen LogP contribution >= 0.6 is 11.6 Å². The molecular formula is C14H16ClN3. The van der Waals surface area contributed by atoms with Gasteiger partial charge in [-0.1, -0.05) is 23.7 Å². The highest BCUT2D eigenvalue weighted by Gasteiger charge is 2.11. The summed E-state index contributed by atoms with van der Waals surface area (Å²) in [7, 11) is 1.86. The Bertz CT molecular complexity index is 594. The molecule has 0 aliphatic carbocycles. The van der Waals surface area contributed by atoms with Crippen molar-refractivity contribution in [2.24, 2.45) is 0 Å². The van der Waals surface area contributed by atoms with Crippen molar-refractivity contribution in [2.75, 3.05) is 12.4 Å². The molecule has 2 aromatic rings. The molecule has 0 bridgehead atoms. The summed E-state index contributed by atoms with van der Waals surface area (Å²) in [5.41, 5.74) is 4.04. The summed E-state index contributed by atoms with van der Waals surface area (Å²) in [5.74, 6) is 1.60. The van der Waals surface area contributed by atoms with Crippen LogP contribution in [0, 0.1) is 20.8 Å². The molecule has 0 fully saturated rings. The minimum absolute atomic E-state index is 0.747. The zero-order chi connectivity index (χ0) is 13.3. The molecule has 1 heterocycles. The minimum atomic E-state index is 0.747. The Morgan fingerprint density at radius 1 is 1.11 bits per heavy atom. The van der Waals surface area contributed by atoms with Crippen molar-refractivity contribution in [2.45, 2.75) is 20.8 Å². The maximum Gasteiger partial charge on any atom is 0.132 e. The molecule has 18 heavy (non-hydrogen) atoms. The van der Waals surface area contributed by atoms with E-state index in [0.717, 1.165) is 39.0 Å². The molecule has 3 nitrogen and oxygen atoms in total. The normalized spacial score (nSPS) is 10.5. The third-order valence-electron chi connectivity index (χ3n) is 2.94. The second-order valence-electron chi connectivity index (χ2n) is 4.31. The van der Waals surface area contributed by atoms with E-state index in [9.17, 15) is 0 Å². The van der Waals surface area contributed by atoms with Gasteiger partial charge >= 0.3 is 0 Å². The third kappa shape index (κ3) is 2.31. The number of hydrogen-bond acceptors (Lipinski definition) is 3. The summed E-state index contributed by atoms with van der Waals surface area (Å²) in [5, 5.41) is 3.85. The van der Waals surface area contributed by atoms with Crippen molar-refractivity contribution < 1.29 is 0 Å². The molecule has 0 aliphatic rings. The lowest BCUT2D eigenvalue weighted by Crippen LogP contribution is -2.02. The van der Waals surface area contributed by atoms with E-state index in [1.165, 1.54) is 0 Å². The smallest absolute Gasteiger partial charge is 0.132 e. The van der Waals surface area contributed by atoms with Crippen molar-refractivity contribution in [3.63, 3.8) is 0 Å². The lowest BCUT2D eigenvalue weighted by atomic mass is 10.1. The summed E-state index contributed by atoms with van der Waals surface area (Å²) in [4.78, 5) is 8.87. The summed E-state index contributed by atoms with van der Waals surface area (Å²) in [6.45, 7) is 5.89. The summed E-state index contributed by atoms with van der Waals surface area (Å²) in [6, 6.07) is 5.99. The van der Waals surface area contributed by atoms with Gasteiger partial charge in [0.2, 0.25) is 0 Å². The van der Waals surface area contributed by atoms with Crippen LogP contribution in [-0.4, -0.2) is 17.0 Å². The first-order chi connectivity index (χ1) is 8.52. The molecule has 0 saturated heterocycles. The predicted octanol–water partition coefficient (Wildman–Crippen LogP) is 3.76. The van der Waals surface area contributed by atoms with Crippen LogP contribution in [0.1, 0.15) is 17.0 Å². The first-order valence-corrected chi connectivity index (χ1v) is 6.20. The maximum absolute atomic E-state index is 6.17. The number of nitrogens with one attached hydrogen (secondary N) is 1. The maximum atomic E-state index is 6.17. The number of halogens is 1. The van der Waals surface area contributed by atoms with Gasteiger partial charge in [-0.3, -0.25) is 0 Å². The van der Waals surface area contributed by atoms with Crippen LogP contribution in [0.15, 0.2) is 18.2 Å². The second-order valence-corrected chi connectivity index (χ2v) is 4.71. The lowest BCUT2D eigenvalue weighted by Gasteiger charge is -2.11. The van der Waals surface area contributed by atoms with Crippen LogP contribution in [0.25, 0.3) is 11.3 Å². The molecule has 2 rings (SSSR count). The fraction of sp³-hybridized carbons (Fsp3) is 0.286. The standard InChI is InChI=1S/C14H16ClN3/c1-8-5-6-11(7-12(8)15)13-9(2)14(16-4)18-10(3)17-13/h5-7H,1-4H3,(H,16,17,18). The van der Waals surface area contributed by atoms with Crippen LogP contribution in [0.4, 0.5) is 5.82 Å². The fourth-order valence-corrected chi connectivity index (χ4v) is 2.07. The molecule has 94 valence electrons. The lowest BCUT2D eigenvalue weighted by molar-refractivity contribution is 1.04. The highest BCUT2D eigenvalue weighted by atomic mass is 35.5. The molecule has 1 N–H and O–H groups in total. The minimum Gasteiger partial charge on any atom is -0.373 e. The average Bonchev–Trinajstić information content (AvgIpc) is 2.35. The van der Waals surface area contributed by atoms with E-state index in [4.69, 9.17) is 11.6 Å². The molecule has 0 atom stereocenters. The van der Waals surface area contributed by atoms with Gasteiger partial charge in [0, 0.05) is 23.2 Å². The largest absolute Gasteiger partial charge is 0.373 e. The molecule has 0 unspecified atom stereocenters. The molecule has 0 aliphatic heterocycles. The van der Waals surface area contributed by atoms with Crippen LogP contribution in [-0.2, 0) is 0 Å². The number of benzene rings is 1. The van der Waals surface area contributed by atoms with Gasteiger partial charge in [-0.15, -0.1) is 0 Å². The number of anilines is 1. The van der Waals surface area contributed by atoms with E-state index in [1.807, 2.05) is 46.0 Å². The first-order valence-electron chi connectivity index (χ1n) is 5.82. The average molecular weight is 262 g/mol. The Balaban J connectivity index is 2.63. The topological polar surface area (TPSA) is 37.8 Å². The zero-order valence-electron chi connectivity index (χ0n) is 11.0. The monoisotopic (exact) mass is 261 g/mol. The fourth-order valence-electron chi connectivity index (χ4n) is 1.89. The van der Waals surface area contributed by atoms with Gasteiger partial charge in [-0.25, -0.2) is 9.97 Å². The Morgan fingerprint density at radius 3 is 2.44 bits per heavy atom. The Morgan fingerprint density at radius 2 is 1.83 bits per heavy atom. The van der Waals surface area contributed by atoms with E-state index in [0.29, 0.717) is 0 Å². The molecule has 0 amide bonds. The Kier molecular flexibility index (Phi) is 3.53. The van der Waals surface area contributed by atoms with Gasteiger partial charge in [0.05, 0.1) is 5.69 Å². The first kappa shape index (κ1) is 12.8. The van der Waals surface area contributed by atoms with Gasteiger partial charge in [0.15, 0.2) is 0 Å². The molecule has 1 aromatic heterocycles. The quantitative estimate of drug-likeness (QED) is 0.894. The van der Waals surface area contributed by atoms with Gasteiger partial charge in [-0.05, 0) is 32.4 Å². The highest BCUT2D eigenvalue weighted by molar-refractivity contribution is 6.31. The molecule has 0 spiro atoms. The van der Waals surface area contributed by atoms with Crippen LogP contribution in [0.2, 0.25) is 5.02 Å². The molecule has 4 heteroatoms. The second kappa shape index (κ2) is 4.94. The summed E-state index contributed by atoms with van der Waals surface area (Å²) >= 11 is 6.17. The molecular weight excluding hydrogens is 246 g/mol. The number of rotatable bonds is 2. The molecule has 1 aromatic carbocycles. The van der Waals surface area contributed by atoms with Gasteiger partial charge < -0.3 is 5.32 Å². The van der Waals surface area contributed by atoms with E-state index in [1.54, 1.807) is 0 Å².